The number of nitrogens with zero attached hydrogens (tertiary/aromatic N) is 2. The number of hydrogen-bond donors (Lipinski definition) is 2. The average Bonchev–Trinajstić information content (AvgIpc) is 2.30. The Labute approximate surface area is 114 Å². The molecule has 0 aliphatic heterocycles. The summed E-state index contributed by atoms with van der Waals surface area (Å²) in [5.74, 6) is -0.988. The summed E-state index contributed by atoms with van der Waals surface area (Å²) in [6.45, 7) is 2.66. The molecule has 1 aliphatic rings. The molecule has 0 spiro atoms. The summed E-state index contributed by atoms with van der Waals surface area (Å²) in [6.07, 6.45) is 4.33. The number of carboxylic acid groups (broad SMARTS) is 1. The molecule has 0 atom stereocenters. The molecule has 0 aromatic carbocycles. The standard InChI is InChI=1S/C13H24N2O4/c1-2-7-14(10-12(17)18)13(19)15(8-4-9-16)11-5-3-6-11/h11,16H,2-10H2,1H3,(H,17,18). The number of aliphatic carboxylic acids is 1. The summed E-state index contributed by atoms with van der Waals surface area (Å²) in [5, 5.41) is 17.8. The van der Waals surface area contributed by atoms with Crippen molar-refractivity contribution in [3.63, 3.8) is 0 Å². The molecule has 110 valence electrons. The van der Waals surface area contributed by atoms with Gasteiger partial charge in [-0.05, 0) is 32.1 Å². The largest absolute Gasteiger partial charge is 0.480 e. The fraction of sp³-hybridized carbons (Fsp3) is 0.846. The molecule has 0 aromatic rings. The van der Waals surface area contributed by atoms with Crippen LogP contribution < -0.4 is 0 Å². The van der Waals surface area contributed by atoms with Gasteiger partial charge < -0.3 is 20.0 Å². The Balaban J connectivity index is 2.66. The first kappa shape index (κ1) is 15.8. The van der Waals surface area contributed by atoms with Crippen LogP contribution in [0, 0.1) is 0 Å². The first-order valence-corrected chi connectivity index (χ1v) is 6.98. The zero-order valence-electron chi connectivity index (χ0n) is 11.5. The van der Waals surface area contributed by atoms with E-state index in [1.54, 1.807) is 4.90 Å². The number of aliphatic hydroxyl groups excluding tert-OH is 1. The molecule has 0 saturated heterocycles. The predicted molar refractivity (Wildman–Crippen MR) is 70.9 cm³/mol. The van der Waals surface area contributed by atoms with Gasteiger partial charge in [0, 0.05) is 25.7 Å². The van der Waals surface area contributed by atoms with Crippen LogP contribution in [0.5, 0.6) is 0 Å². The lowest BCUT2D eigenvalue weighted by Gasteiger charge is -2.40. The van der Waals surface area contributed by atoms with Gasteiger partial charge in [-0.1, -0.05) is 6.92 Å². The third-order valence-electron chi connectivity index (χ3n) is 3.41. The molecule has 19 heavy (non-hydrogen) atoms. The number of carboxylic acids is 1. The summed E-state index contributed by atoms with van der Waals surface area (Å²) in [6, 6.07) is 0.00889. The van der Waals surface area contributed by atoms with Crippen LogP contribution >= 0.6 is 0 Å². The Hall–Kier alpha value is -1.30. The van der Waals surface area contributed by atoms with E-state index in [1.165, 1.54) is 4.90 Å². The van der Waals surface area contributed by atoms with Gasteiger partial charge >= 0.3 is 12.0 Å². The Morgan fingerprint density at radius 1 is 1.26 bits per heavy atom. The zero-order valence-corrected chi connectivity index (χ0v) is 11.5. The molecule has 0 aromatic heterocycles. The lowest BCUT2D eigenvalue weighted by molar-refractivity contribution is -0.137. The highest BCUT2D eigenvalue weighted by atomic mass is 16.4. The molecule has 1 rings (SSSR count). The van der Waals surface area contributed by atoms with Crippen LogP contribution in [0.1, 0.15) is 39.0 Å². The van der Waals surface area contributed by atoms with E-state index in [-0.39, 0.29) is 25.2 Å². The molecule has 0 heterocycles. The van der Waals surface area contributed by atoms with Crippen molar-refractivity contribution in [2.24, 2.45) is 0 Å². The topological polar surface area (TPSA) is 81.1 Å². The number of amides is 2. The van der Waals surface area contributed by atoms with E-state index in [0.29, 0.717) is 19.5 Å². The van der Waals surface area contributed by atoms with Crippen molar-refractivity contribution in [2.75, 3.05) is 26.2 Å². The van der Waals surface area contributed by atoms with Crippen molar-refractivity contribution >= 4 is 12.0 Å². The maximum absolute atomic E-state index is 12.4. The van der Waals surface area contributed by atoms with E-state index in [0.717, 1.165) is 25.7 Å². The molecule has 1 fully saturated rings. The Morgan fingerprint density at radius 2 is 1.95 bits per heavy atom. The highest BCUT2D eigenvalue weighted by Crippen LogP contribution is 2.26. The minimum Gasteiger partial charge on any atom is -0.480 e. The lowest BCUT2D eigenvalue weighted by atomic mass is 9.91. The second kappa shape index (κ2) is 7.99. The molecule has 0 unspecified atom stereocenters. The van der Waals surface area contributed by atoms with Gasteiger partial charge in [-0.2, -0.15) is 0 Å². The van der Waals surface area contributed by atoms with Gasteiger partial charge in [-0.25, -0.2) is 4.79 Å². The van der Waals surface area contributed by atoms with Crippen LogP contribution in [0.25, 0.3) is 0 Å². The number of carbonyl (C=O) groups excluding carboxylic acids is 1. The van der Waals surface area contributed by atoms with E-state index < -0.39 is 5.97 Å². The van der Waals surface area contributed by atoms with Gasteiger partial charge in [0.15, 0.2) is 0 Å². The lowest BCUT2D eigenvalue weighted by Crippen LogP contribution is -2.52. The second-order valence-electron chi connectivity index (χ2n) is 4.95. The highest BCUT2D eigenvalue weighted by Gasteiger charge is 2.31. The highest BCUT2D eigenvalue weighted by molar-refractivity contribution is 5.80. The van der Waals surface area contributed by atoms with E-state index >= 15 is 0 Å². The van der Waals surface area contributed by atoms with Crippen molar-refractivity contribution in [3.8, 4) is 0 Å². The molecule has 2 N–H and O–H groups in total. The van der Waals surface area contributed by atoms with E-state index in [9.17, 15) is 9.59 Å². The van der Waals surface area contributed by atoms with E-state index in [4.69, 9.17) is 10.2 Å². The Bertz CT molecular complexity index is 305. The van der Waals surface area contributed by atoms with Crippen LogP contribution in [-0.2, 0) is 4.79 Å². The minimum absolute atomic E-state index is 0.0448. The smallest absolute Gasteiger partial charge is 0.323 e. The first-order chi connectivity index (χ1) is 9.10. The van der Waals surface area contributed by atoms with Gasteiger partial charge in [-0.15, -0.1) is 0 Å². The maximum atomic E-state index is 12.4. The molecule has 2 amide bonds. The molecule has 6 nitrogen and oxygen atoms in total. The third-order valence-corrected chi connectivity index (χ3v) is 3.41. The minimum atomic E-state index is -0.988. The van der Waals surface area contributed by atoms with Crippen molar-refractivity contribution in [2.45, 2.75) is 45.1 Å². The van der Waals surface area contributed by atoms with Crippen LogP contribution in [0.2, 0.25) is 0 Å². The first-order valence-electron chi connectivity index (χ1n) is 6.98. The van der Waals surface area contributed by atoms with Crippen LogP contribution in [0.3, 0.4) is 0 Å². The molecule has 1 aliphatic carbocycles. The third kappa shape index (κ3) is 4.70. The normalized spacial score (nSPS) is 14.8. The number of aliphatic hydroxyl groups is 1. The molecule has 6 heteroatoms. The number of urea groups is 1. The molecule has 1 saturated carbocycles. The summed E-state index contributed by atoms with van der Waals surface area (Å²) in [7, 11) is 0. The molecule has 0 bridgehead atoms. The quantitative estimate of drug-likeness (QED) is 0.694. The van der Waals surface area contributed by atoms with Crippen molar-refractivity contribution in [1.82, 2.24) is 9.80 Å². The summed E-state index contributed by atoms with van der Waals surface area (Å²) >= 11 is 0. The number of carbonyl (C=O) groups is 2. The Kier molecular flexibility index (Phi) is 6.62. The van der Waals surface area contributed by atoms with Crippen molar-refractivity contribution in [1.29, 1.82) is 0 Å². The monoisotopic (exact) mass is 272 g/mol. The zero-order chi connectivity index (χ0) is 14.3. The second-order valence-corrected chi connectivity index (χ2v) is 4.95. The number of hydrogen-bond acceptors (Lipinski definition) is 3. The summed E-state index contributed by atoms with van der Waals surface area (Å²) in [4.78, 5) is 26.4. The van der Waals surface area contributed by atoms with Crippen LogP contribution in [0.4, 0.5) is 4.79 Å². The fourth-order valence-corrected chi connectivity index (χ4v) is 2.23. The van der Waals surface area contributed by atoms with Crippen molar-refractivity contribution in [3.05, 3.63) is 0 Å². The van der Waals surface area contributed by atoms with Gasteiger partial charge in [-0.3, -0.25) is 4.79 Å². The average molecular weight is 272 g/mol. The summed E-state index contributed by atoms with van der Waals surface area (Å²) in [5.41, 5.74) is 0. The van der Waals surface area contributed by atoms with Gasteiger partial charge in [0.1, 0.15) is 6.54 Å². The van der Waals surface area contributed by atoms with Crippen LogP contribution in [-0.4, -0.2) is 64.3 Å². The predicted octanol–water partition coefficient (Wildman–Crippen LogP) is 1.14. The van der Waals surface area contributed by atoms with E-state index in [1.807, 2.05) is 6.92 Å². The number of rotatable bonds is 8. The van der Waals surface area contributed by atoms with Gasteiger partial charge in [0.25, 0.3) is 0 Å². The van der Waals surface area contributed by atoms with E-state index in [2.05, 4.69) is 0 Å². The fourth-order valence-electron chi connectivity index (χ4n) is 2.23. The molecule has 0 radical (unpaired) electrons. The van der Waals surface area contributed by atoms with Crippen LogP contribution in [0.15, 0.2) is 0 Å². The molecular formula is C13H24N2O4. The maximum Gasteiger partial charge on any atom is 0.323 e. The Morgan fingerprint density at radius 3 is 2.37 bits per heavy atom. The SMILES string of the molecule is CCCN(CC(=O)O)C(=O)N(CCCO)C1CCC1. The van der Waals surface area contributed by atoms with Gasteiger partial charge in [0.2, 0.25) is 0 Å². The van der Waals surface area contributed by atoms with Crippen molar-refractivity contribution < 1.29 is 19.8 Å². The summed E-state index contributed by atoms with van der Waals surface area (Å²) < 4.78 is 0. The molecular weight excluding hydrogens is 248 g/mol. The van der Waals surface area contributed by atoms with Gasteiger partial charge in [0.05, 0.1) is 0 Å².